The Morgan fingerprint density at radius 1 is 1.35 bits per heavy atom. The molecule has 0 aromatic rings. The monoisotopic (exact) mass is 241 g/mol. The second kappa shape index (κ2) is 5.36. The summed E-state index contributed by atoms with van der Waals surface area (Å²) in [5, 5.41) is 9.20. The highest BCUT2D eigenvalue weighted by Crippen LogP contribution is 2.46. The van der Waals surface area contributed by atoms with Crippen molar-refractivity contribution in [2.45, 2.75) is 44.1 Å². The van der Waals surface area contributed by atoms with Gasteiger partial charge in [-0.3, -0.25) is 9.69 Å². The predicted octanol–water partition coefficient (Wildman–Crippen LogP) is 1.74. The Hall–Kier alpha value is -0.610. The zero-order valence-electron chi connectivity index (χ0n) is 10.7. The fraction of sp³-hybridized carbons (Fsp3) is 0.923. The van der Waals surface area contributed by atoms with Gasteiger partial charge in [-0.05, 0) is 44.7 Å². The van der Waals surface area contributed by atoms with Crippen LogP contribution in [-0.2, 0) is 9.53 Å². The van der Waals surface area contributed by atoms with E-state index in [0.717, 1.165) is 25.9 Å². The van der Waals surface area contributed by atoms with Gasteiger partial charge in [0.15, 0.2) is 0 Å². The van der Waals surface area contributed by atoms with Crippen LogP contribution in [-0.4, -0.2) is 48.3 Å². The number of aliphatic carboxylic acids is 1. The number of ether oxygens (including phenoxy) is 1. The molecule has 4 heteroatoms. The number of nitrogens with zero attached hydrogens (tertiary/aromatic N) is 1. The first-order valence-electron chi connectivity index (χ1n) is 6.65. The summed E-state index contributed by atoms with van der Waals surface area (Å²) in [6.45, 7) is 2.63. The zero-order chi connectivity index (χ0) is 12.3. The third kappa shape index (κ3) is 2.80. The summed E-state index contributed by atoms with van der Waals surface area (Å²) in [6.07, 6.45) is 6.21. The first-order valence-corrected chi connectivity index (χ1v) is 6.65. The third-order valence-corrected chi connectivity index (χ3v) is 4.17. The molecule has 1 unspecified atom stereocenters. The van der Waals surface area contributed by atoms with E-state index in [1.54, 1.807) is 7.11 Å². The molecule has 1 aliphatic carbocycles. The second-order valence-electron chi connectivity index (χ2n) is 5.43. The van der Waals surface area contributed by atoms with Crippen LogP contribution in [0.25, 0.3) is 0 Å². The van der Waals surface area contributed by atoms with Crippen molar-refractivity contribution in [1.29, 1.82) is 0 Å². The van der Waals surface area contributed by atoms with Crippen molar-refractivity contribution < 1.29 is 14.6 Å². The minimum absolute atomic E-state index is 0.228. The van der Waals surface area contributed by atoms with Crippen molar-refractivity contribution >= 4 is 5.97 Å². The van der Waals surface area contributed by atoms with Crippen LogP contribution in [0.2, 0.25) is 0 Å². The Balaban J connectivity index is 2.15. The SMILES string of the molecule is COCC(CC(=O)O)(C1CC1)N1CCCCC1. The van der Waals surface area contributed by atoms with Crippen LogP contribution < -0.4 is 0 Å². The minimum Gasteiger partial charge on any atom is -0.481 e. The smallest absolute Gasteiger partial charge is 0.305 e. The number of methoxy groups -OCH3 is 1. The Morgan fingerprint density at radius 2 is 2.00 bits per heavy atom. The van der Waals surface area contributed by atoms with Gasteiger partial charge >= 0.3 is 5.97 Å². The predicted molar refractivity (Wildman–Crippen MR) is 65.0 cm³/mol. The van der Waals surface area contributed by atoms with Gasteiger partial charge in [0.1, 0.15) is 0 Å². The molecule has 2 fully saturated rings. The second-order valence-corrected chi connectivity index (χ2v) is 5.43. The van der Waals surface area contributed by atoms with Gasteiger partial charge in [0, 0.05) is 7.11 Å². The number of likely N-dealkylation sites (tertiary alicyclic amines) is 1. The van der Waals surface area contributed by atoms with Crippen LogP contribution in [0.15, 0.2) is 0 Å². The van der Waals surface area contributed by atoms with Gasteiger partial charge in [-0.25, -0.2) is 0 Å². The molecule has 1 aliphatic heterocycles. The van der Waals surface area contributed by atoms with E-state index in [4.69, 9.17) is 4.74 Å². The molecule has 1 N–H and O–H groups in total. The third-order valence-electron chi connectivity index (χ3n) is 4.17. The van der Waals surface area contributed by atoms with E-state index in [1.807, 2.05) is 0 Å². The standard InChI is InChI=1S/C13H23NO3/c1-17-10-13(9-12(15)16,11-5-6-11)14-7-3-2-4-8-14/h11H,2-10H2,1H3,(H,15,16). The number of carboxylic acids is 1. The van der Waals surface area contributed by atoms with Crippen LogP contribution in [0.1, 0.15) is 38.5 Å². The van der Waals surface area contributed by atoms with Gasteiger partial charge in [-0.15, -0.1) is 0 Å². The molecule has 1 saturated heterocycles. The molecule has 17 heavy (non-hydrogen) atoms. The van der Waals surface area contributed by atoms with E-state index >= 15 is 0 Å². The summed E-state index contributed by atoms with van der Waals surface area (Å²) >= 11 is 0. The minimum atomic E-state index is -0.695. The molecule has 0 spiro atoms. The topological polar surface area (TPSA) is 49.8 Å². The maximum atomic E-state index is 11.2. The van der Waals surface area contributed by atoms with Crippen LogP contribution in [0.4, 0.5) is 0 Å². The van der Waals surface area contributed by atoms with E-state index in [0.29, 0.717) is 12.5 Å². The molecular weight excluding hydrogens is 218 g/mol. The van der Waals surface area contributed by atoms with Crippen molar-refractivity contribution in [1.82, 2.24) is 4.90 Å². The largest absolute Gasteiger partial charge is 0.481 e. The quantitative estimate of drug-likeness (QED) is 0.769. The van der Waals surface area contributed by atoms with Crippen molar-refractivity contribution in [2.24, 2.45) is 5.92 Å². The fourth-order valence-corrected chi connectivity index (χ4v) is 3.25. The zero-order valence-corrected chi connectivity index (χ0v) is 10.7. The summed E-state index contributed by atoms with van der Waals surface area (Å²) < 4.78 is 5.36. The van der Waals surface area contributed by atoms with Crippen molar-refractivity contribution in [3.63, 3.8) is 0 Å². The Morgan fingerprint density at radius 3 is 2.47 bits per heavy atom. The molecule has 0 aromatic carbocycles. The Kier molecular flexibility index (Phi) is 4.05. The molecule has 0 bridgehead atoms. The lowest BCUT2D eigenvalue weighted by molar-refractivity contribution is -0.143. The number of carboxylic acid groups (broad SMARTS) is 1. The van der Waals surface area contributed by atoms with E-state index in [2.05, 4.69) is 4.90 Å². The molecule has 98 valence electrons. The van der Waals surface area contributed by atoms with Gasteiger partial charge in [0.25, 0.3) is 0 Å². The lowest BCUT2D eigenvalue weighted by atomic mass is 9.86. The number of hydrogen-bond acceptors (Lipinski definition) is 3. The van der Waals surface area contributed by atoms with Crippen molar-refractivity contribution in [3.05, 3.63) is 0 Å². The maximum absolute atomic E-state index is 11.2. The summed E-state index contributed by atoms with van der Waals surface area (Å²) in [5.41, 5.74) is -0.235. The Labute approximate surface area is 103 Å². The first-order chi connectivity index (χ1) is 8.19. The molecule has 0 aromatic heterocycles. The van der Waals surface area contributed by atoms with E-state index in [1.165, 1.54) is 19.3 Å². The number of carbonyl (C=O) groups is 1. The van der Waals surface area contributed by atoms with E-state index in [9.17, 15) is 9.90 Å². The molecule has 0 radical (unpaired) electrons. The summed E-state index contributed by atoms with van der Waals surface area (Å²) in [7, 11) is 1.68. The Bertz CT molecular complexity index is 272. The average Bonchev–Trinajstić information content (AvgIpc) is 3.13. The molecule has 4 nitrogen and oxygen atoms in total. The molecular formula is C13H23NO3. The highest BCUT2D eigenvalue weighted by Gasteiger charge is 2.50. The van der Waals surface area contributed by atoms with Gasteiger partial charge in [0.05, 0.1) is 18.6 Å². The van der Waals surface area contributed by atoms with Crippen molar-refractivity contribution in [2.75, 3.05) is 26.8 Å². The lowest BCUT2D eigenvalue weighted by Gasteiger charge is -2.45. The average molecular weight is 241 g/mol. The summed E-state index contributed by atoms with van der Waals surface area (Å²) in [5.74, 6) is -0.170. The fourth-order valence-electron chi connectivity index (χ4n) is 3.25. The van der Waals surface area contributed by atoms with Crippen LogP contribution >= 0.6 is 0 Å². The van der Waals surface area contributed by atoms with Gasteiger partial charge < -0.3 is 9.84 Å². The highest BCUT2D eigenvalue weighted by atomic mass is 16.5. The molecule has 1 atom stereocenters. The highest BCUT2D eigenvalue weighted by molar-refractivity contribution is 5.68. The van der Waals surface area contributed by atoms with Gasteiger partial charge in [0.2, 0.25) is 0 Å². The molecule has 2 aliphatic rings. The van der Waals surface area contributed by atoms with Gasteiger partial charge in [-0.2, -0.15) is 0 Å². The van der Waals surface area contributed by atoms with E-state index < -0.39 is 5.97 Å². The number of hydrogen-bond donors (Lipinski definition) is 1. The van der Waals surface area contributed by atoms with E-state index in [-0.39, 0.29) is 12.0 Å². The van der Waals surface area contributed by atoms with Gasteiger partial charge in [-0.1, -0.05) is 6.42 Å². The summed E-state index contributed by atoms with van der Waals surface area (Å²) in [4.78, 5) is 13.6. The van der Waals surface area contributed by atoms with Crippen LogP contribution in [0.3, 0.4) is 0 Å². The number of rotatable bonds is 6. The first kappa shape index (κ1) is 12.8. The molecule has 2 rings (SSSR count). The number of piperidine rings is 1. The van der Waals surface area contributed by atoms with Crippen LogP contribution in [0.5, 0.6) is 0 Å². The molecule has 1 saturated carbocycles. The normalized spacial score (nSPS) is 25.5. The van der Waals surface area contributed by atoms with Crippen molar-refractivity contribution in [3.8, 4) is 0 Å². The molecule has 0 amide bonds. The lowest BCUT2D eigenvalue weighted by Crippen LogP contribution is -2.56. The maximum Gasteiger partial charge on any atom is 0.305 e. The summed E-state index contributed by atoms with van der Waals surface area (Å²) in [6, 6.07) is 0. The van der Waals surface area contributed by atoms with Crippen LogP contribution in [0, 0.1) is 5.92 Å². The molecule has 1 heterocycles.